The molecule has 0 saturated carbocycles. The number of carbonyl (C=O) groups is 2. The molecule has 1 aromatic rings. The molecule has 2 rings (SSSR count). The number of hydrogen-bond donors (Lipinski definition) is 2. The summed E-state index contributed by atoms with van der Waals surface area (Å²) in [6.45, 7) is 1.04. The second-order valence-electron chi connectivity index (χ2n) is 5.25. The van der Waals surface area contributed by atoms with Crippen LogP contribution in [0, 0.1) is 18.8 Å². The van der Waals surface area contributed by atoms with Gasteiger partial charge in [0.1, 0.15) is 0 Å². The maximum atomic E-state index is 12.8. The minimum absolute atomic E-state index is 0.211. The van der Waals surface area contributed by atoms with E-state index in [1.807, 2.05) is 18.4 Å². The first-order chi connectivity index (χ1) is 10.2. The minimum atomic E-state index is -4.64. The third kappa shape index (κ3) is 3.70. The number of thiophene rings is 1. The van der Waals surface area contributed by atoms with Crippen molar-refractivity contribution in [2.24, 2.45) is 11.8 Å². The first-order valence-electron chi connectivity index (χ1n) is 6.55. The Balaban J connectivity index is 1.97. The Morgan fingerprint density at radius 2 is 2.14 bits per heavy atom. The molecule has 0 aromatic carbocycles. The second kappa shape index (κ2) is 6.15. The van der Waals surface area contributed by atoms with Crippen LogP contribution in [-0.4, -0.2) is 41.3 Å². The Labute approximate surface area is 128 Å². The van der Waals surface area contributed by atoms with E-state index in [0.717, 1.165) is 15.3 Å². The van der Waals surface area contributed by atoms with Gasteiger partial charge in [-0.05, 0) is 23.9 Å². The lowest BCUT2D eigenvalue weighted by Gasteiger charge is -2.18. The number of amides is 2. The van der Waals surface area contributed by atoms with Gasteiger partial charge in [0.05, 0.1) is 18.4 Å². The van der Waals surface area contributed by atoms with Crippen molar-refractivity contribution >= 4 is 23.3 Å². The summed E-state index contributed by atoms with van der Waals surface area (Å²) in [5.41, 5.74) is 1.04. The van der Waals surface area contributed by atoms with Gasteiger partial charge in [0, 0.05) is 18.0 Å². The Bertz CT molecular complexity index is 573. The van der Waals surface area contributed by atoms with Gasteiger partial charge in [0.25, 0.3) is 0 Å². The van der Waals surface area contributed by atoms with Crippen LogP contribution in [0.25, 0.3) is 0 Å². The van der Waals surface area contributed by atoms with Crippen LogP contribution in [-0.2, 0) is 11.3 Å². The van der Waals surface area contributed by atoms with Crippen molar-refractivity contribution < 1.29 is 27.9 Å². The number of rotatable bonds is 3. The summed E-state index contributed by atoms with van der Waals surface area (Å²) >= 11 is 1.44. The number of carboxylic acid groups (broad SMARTS) is 1. The third-order valence-electron chi connectivity index (χ3n) is 3.54. The molecule has 0 aliphatic carbocycles. The van der Waals surface area contributed by atoms with Gasteiger partial charge in [-0.25, -0.2) is 4.79 Å². The van der Waals surface area contributed by atoms with Crippen LogP contribution >= 0.6 is 11.3 Å². The summed E-state index contributed by atoms with van der Waals surface area (Å²) in [5, 5.41) is 13.3. The Hall–Kier alpha value is -1.77. The lowest BCUT2D eigenvalue weighted by Crippen LogP contribution is -2.39. The van der Waals surface area contributed by atoms with E-state index in [4.69, 9.17) is 5.11 Å². The highest BCUT2D eigenvalue weighted by Gasteiger charge is 2.53. The van der Waals surface area contributed by atoms with Crippen molar-refractivity contribution in [1.82, 2.24) is 10.2 Å². The zero-order valence-corrected chi connectivity index (χ0v) is 12.5. The quantitative estimate of drug-likeness (QED) is 0.891. The van der Waals surface area contributed by atoms with Gasteiger partial charge >= 0.3 is 18.2 Å². The average Bonchev–Trinajstić information content (AvgIpc) is 3.01. The zero-order chi connectivity index (χ0) is 16.5. The number of urea groups is 1. The van der Waals surface area contributed by atoms with Gasteiger partial charge in [0.2, 0.25) is 0 Å². The molecule has 2 N–H and O–H groups in total. The van der Waals surface area contributed by atoms with E-state index in [-0.39, 0.29) is 6.54 Å². The molecule has 2 atom stereocenters. The molecule has 0 bridgehead atoms. The Morgan fingerprint density at radius 3 is 2.59 bits per heavy atom. The van der Waals surface area contributed by atoms with Crippen LogP contribution in [0.5, 0.6) is 0 Å². The molecular formula is C13H15F3N2O3S. The molecule has 0 radical (unpaired) electrons. The number of aliphatic carboxylic acids is 1. The molecule has 0 unspecified atom stereocenters. The van der Waals surface area contributed by atoms with Crippen molar-refractivity contribution in [3.63, 3.8) is 0 Å². The fraction of sp³-hybridized carbons (Fsp3) is 0.538. The van der Waals surface area contributed by atoms with E-state index >= 15 is 0 Å². The number of alkyl halides is 3. The van der Waals surface area contributed by atoms with E-state index < -0.39 is 43.1 Å². The van der Waals surface area contributed by atoms with Crippen molar-refractivity contribution in [3.8, 4) is 0 Å². The second-order valence-corrected chi connectivity index (χ2v) is 6.24. The Morgan fingerprint density at radius 1 is 1.45 bits per heavy atom. The number of halogens is 3. The van der Waals surface area contributed by atoms with Gasteiger partial charge in [-0.15, -0.1) is 11.3 Å². The number of likely N-dealkylation sites (tertiary alicyclic amines) is 1. The molecule has 0 spiro atoms. The first-order valence-corrected chi connectivity index (χ1v) is 7.42. The molecule has 1 aliphatic heterocycles. The standard InChI is InChI=1S/C13H15F3N2O3S/c1-7-2-8(22-6-7)3-17-12(21)18-4-9(11(19)20)10(5-18)13(14,15)16/h2,6,9-10H,3-5H2,1H3,(H,17,21)(H,19,20)/t9-,10-/m1/s1. The molecular weight excluding hydrogens is 321 g/mol. The number of nitrogens with zero attached hydrogens (tertiary/aromatic N) is 1. The highest BCUT2D eigenvalue weighted by atomic mass is 32.1. The summed E-state index contributed by atoms with van der Waals surface area (Å²) in [7, 11) is 0. The average molecular weight is 336 g/mol. The van der Waals surface area contributed by atoms with Crippen molar-refractivity contribution in [3.05, 3.63) is 21.9 Å². The van der Waals surface area contributed by atoms with E-state index in [9.17, 15) is 22.8 Å². The van der Waals surface area contributed by atoms with Crippen LogP contribution in [0.3, 0.4) is 0 Å². The van der Waals surface area contributed by atoms with Crippen LogP contribution in [0.15, 0.2) is 11.4 Å². The molecule has 5 nitrogen and oxygen atoms in total. The molecule has 1 aliphatic rings. The van der Waals surface area contributed by atoms with Crippen LogP contribution in [0.4, 0.5) is 18.0 Å². The number of carboxylic acids is 1. The van der Waals surface area contributed by atoms with Gasteiger partial charge in [0.15, 0.2) is 0 Å². The largest absolute Gasteiger partial charge is 0.481 e. The summed E-state index contributed by atoms with van der Waals surface area (Å²) < 4.78 is 38.5. The molecule has 9 heteroatoms. The Kier molecular flexibility index (Phi) is 4.64. The fourth-order valence-corrected chi connectivity index (χ4v) is 3.22. The molecule has 2 heterocycles. The van der Waals surface area contributed by atoms with E-state index in [1.165, 1.54) is 11.3 Å². The van der Waals surface area contributed by atoms with Crippen LogP contribution in [0.2, 0.25) is 0 Å². The van der Waals surface area contributed by atoms with Crippen LogP contribution < -0.4 is 5.32 Å². The molecule has 2 amide bonds. The monoisotopic (exact) mass is 336 g/mol. The smallest absolute Gasteiger partial charge is 0.394 e. The summed E-state index contributed by atoms with van der Waals surface area (Å²) in [4.78, 5) is 24.7. The third-order valence-corrected chi connectivity index (χ3v) is 4.60. The highest BCUT2D eigenvalue weighted by Crippen LogP contribution is 2.37. The lowest BCUT2D eigenvalue weighted by molar-refractivity contribution is -0.187. The normalized spacial score (nSPS) is 21.9. The van der Waals surface area contributed by atoms with E-state index in [2.05, 4.69) is 5.32 Å². The first kappa shape index (κ1) is 16.6. The predicted molar refractivity (Wildman–Crippen MR) is 73.5 cm³/mol. The lowest BCUT2D eigenvalue weighted by atomic mass is 9.96. The fourth-order valence-electron chi connectivity index (χ4n) is 2.41. The maximum absolute atomic E-state index is 12.8. The van der Waals surface area contributed by atoms with Crippen molar-refractivity contribution in [2.45, 2.75) is 19.6 Å². The number of nitrogens with one attached hydrogen (secondary N) is 1. The highest BCUT2D eigenvalue weighted by molar-refractivity contribution is 7.10. The van der Waals surface area contributed by atoms with E-state index in [0.29, 0.717) is 0 Å². The van der Waals surface area contributed by atoms with Crippen LogP contribution in [0.1, 0.15) is 10.4 Å². The minimum Gasteiger partial charge on any atom is -0.481 e. The summed E-state index contributed by atoms with van der Waals surface area (Å²) in [5.74, 6) is -5.18. The molecule has 122 valence electrons. The van der Waals surface area contributed by atoms with Crippen molar-refractivity contribution in [2.75, 3.05) is 13.1 Å². The number of hydrogen-bond acceptors (Lipinski definition) is 3. The van der Waals surface area contributed by atoms with Gasteiger partial charge in [-0.3, -0.25) is 4.79 Å². The molecule has 1 saturated heterocycles. The number of aryl methyl sites for hydroxylation is 1. The van der Waals surface area contributed by atoms with Gasteiger partial charge < -0.3 is 15.3 Å². The van der Waals surface area contributed by atoms with Gasteiger partial charge in [-0.2, -0.15) is 13.2 Å². The van der Waals surface area contributed by atoms with Gasteiger partial charge in [-0.1, -0.05) is 0 Å². The zero-order valence-electron chi connectivity index (χ0n) is 11.7. The summed E-state index contributed by atoms with van der Waals surface area (Å²) in [6.07, 6.45) is -4.64. The predicted octanol–water partition coefficient (Wildman–Crippen LogP) is 2.46. The topological polar surface area (TPSA) is 69.6 Å². The molecule has 22 heavy (non-hydrogen) atoms. The SMILES string of the molecule is Cc1csc(CNC(=O)N2C[C@@H](C(F)(F)F)[C@H](C(=O)O)C2)c1. The molecule has 1 aromatic heterocycles. The van der Waals surface area contributed by atoms with Crippen molar-refractivity contribution in [1.29, 1.82) is 0 Å². The summed E-state index contributed by atoms with van der Waals surface area (Å²) in [6, 6.07) is 1.19. The number of carbonyl (C=O) groups excluding carboxylic acids is 1. The maximum Gasteiger partial charge on any atom is 0.394 e. The van der Waals surface area contributed by atoms with E-state index in [1.54, 1.807) is 0 Å². The molecule has 1 fully saturated rings.